The molecule has 0 aromatic heterocycles. The summed E-state index contributed by atoms with van der Waals surface area (Å²) in [5.74, 6) is 1.29. The van der Waals surface area contributed by atoms with Gasteiger partial charge in [-0.15, -0.1) is 0 Å². The molecular formula is C19H23NO3. The van der Waals surface area contributed by atoms with Gasteiger partial charge in [-0.05, 0) is 36.1 Å². The first-order valence-corrected chi connectivity index (χ1v) is 7.82. The third-order valence-electron chi connectivity index (χ3n) is 3.74. The maximum absolute atomic E-state index is 10.9. The smallest absolute Gasteiger partial charge is 0.255 e. The molecular weight excluding hydrogens is 290 g/mol. The van der Waals surface area contributed by atoms with Gasteiger partial charge in [0.2, 0.25) is 0 Å². The van der Waals surface area contributed by atoms with E-state index in [-0.39, 0.29) is 6.61 Å². The highest BCUT2D eigenvalue weighted by molar-refractivity contribution is 5.75. The molecule has 2 rings (SSSR count). The van der Waals surface area contributed by atoms with E-state index in [1.807, 2.05) is 48.5 Å². The van der Waals surface area contributed by atoms with Gasteiger partial charge in [-0.25, -0.2) is 0 Å². The zero-order chi connectivity index (χ0) is 16.7. The molecule has 0 spiro atoms. The van der Waals surface area contributed by atoms with Crippen LogP contribution in [-0.2, 0) is 11.4 Å². The predicted molar refractivity (Wildman–Crippen MR) is 90.6 cm³/mol. The van der Waals surface area contributed by atoms with E-state index in [1.54, 1.807) is 0 Å². The zero-order valence-corrected chi connectivity index (χ0v) is 13.6. The van der Waals surface area contributed by atoms with Gasteiger partial charge in [-0.3, -0.25) is 4.79 Å². The lowest BCUT2D eigenvalue weighted by molar-refractivity contribution is -0.119. The van der Waals surface area contributed by atoms with E-state index in [2.05, 4.69) is 13.8 Å². The van der Waals surface area contributed by atoms with Crippen LogP contribution < -0.4 is 15.2 Å². The predicted octanol–water partition coefficient (Wildman–Crippen LogP) is 3.64. The monoisotopic (exact) mass is 313 g/mol. The van der Waals surface area contributed by atoms with Crippen LogP contribution in [0.4, 0.5) is 0 Å². The molecule has 1 atom stereocenters. The average Bonchev–Trinajstić information content (AvgIpc) is 2.58. The molecule has 4 heteroatoms. The Hall–Kier alpha value is -2.49. The molecule has 4 nitrogen and oxygen atoms in total. The molecule has 0 aliphatic rings. The lowest BCUT2D eigenvalue weighted by Crippen LogP contribution is -2.20. The number of nitrogens with two attached hydrogens (primary N) is 1. The van der Waals surface area contributed by atoms with Crippen molar-refractivity contribution < 1.29 is 14.3 Å². The summed E-state index contributed by atoms with van der Waals surface area (Å²) in [6, 6.07) is 15.7. The van der Waals surface area contributed by atoms with Crippen LogP contribution in [0.5, 0.6) is 11.5 Å². The van der Waals surface area contributed by atoms with Crippen molar-refractivity contribution in [3.63, 3.8) is 0 Å². The van der Waals surface area contributed by atoms with Crippen LogP contribution in [-0.4, -0.2) is 12.5 Å². The first-order chi connectivity index (χ1) is 11.1. The maximum Gasteiger partial charge on any atom is 0.255 e. The van der Waals surface area contributed by atoms with Gasteiger partial charge in [0.15, 0.2) is 6.61 Å². The highest BCUT2D eigenvalue weighted by Gasteiger charge is 2.13. The summed E-state index contributed by atoms with van der Waals surface area (Å²) in [5, 5.41) is 0. The number of hydrogen-bond acceptors (Lipinski definition) is 3. The van der Waals surface area contributed by atoms with Gasteiger partial charge in [-0.1, -0.05) is 44.2 Å². The molecule has 2 aromatic carbocycles. The number of rotatable bonds is 8. The minimum atomic E-state index is -0.482. The lowest BCUT2D eigenvalue weighted by Gasteiger charge is -2.17. The van der Waals surface area contributed by atoms with Gasteiger partial charge in [0.1, 0.15) is 18.1 Å². The molecule has 2 aromatic rings. The van der Waals surface area contributed by atoms with Crippen LogP contribution in [0.1, 0.15) is 37.3 Å². The van der Waals surface area contributed by atoms with Crippen molar-refractivity contribution >= 4 is 5.91 Å². The zero-order valence-electron chi connectivity index (χ0n) is 13.6. The van der Waals surface area contributed by atoms with Gasteiger partial charge in [-0.2, -0.15) is 0 Å². The molecule has 0 fully saturated rings. The normalized spacial score (nSPS) is 11.7. The highest BCUT2D eigenvalue weighted by Crippen LogP contribution is 2.32. The van der Waals surface area contributed by atoms with E-state index >= 15 is 0 Å². The van der Waals surface area contributed by atoms with Gasteiger partial charge < -0.3 is 15.2 Å². The lowest BCUT2D eigenvalue weighted by atomic mass is 9.97. The van der Waals surface area contributed by atoms with Crippen molar-refractivity contribution in [3.8, 4) is 11.5 Å². The van der Waals surface area contributed by atoms with Crippen LogP contribution in [0.3, 0.4) is 0 Å². The first-order valence-electron chi connectivity index (χ1n) is 7.82. The van der Waals surface area contributed by atoms with Crippen LogP contribution >= 0.6 is 0 Å². The van der Waals surface area contributed by atoms with Crippen molar-refractivity contribution in [1.82, 2.24) is 0 Å². The SMILES string of the molecule is CCC(C)c1cc(OCc2ccccc2)ccc1OCC(N)=O. The number of primary amides is 1. The minimum Gasteiger partial charge on any atom is -0.489 e. The Labute approximate surface area is 137 Å². The molecule has 0 radical (unpaired) electrons. The largest absolute Gasteiger partial charge is 0.489 e. The third kappa shape index (κ3) is 5.02. The number of carbonyl (C=O) groups is 1. The van der Waals surface area contributed by atoms with Crippen molar-refractivity contribution in [2.75, 3.05) is 6.61 Å². The third-order valence-corrected chi connectivity index (χ3v) is 3.74. The van der Waals surface area contributed by atoms with Crippen LogP contribution in [0.15, 0.2) is 48.5 Å². The fraction of sp³-hybridized carbons (Fsp3) is 0.316. The fourth-order valence-corrected chi connectivity index (χ4v) is 2.24. The Bertz CT molecular complexity index is 640. The summed E-state index contributed by atoms with van der Waals surface area (Å²) in [5.41, 5.74) is 7.30. The van der Waals surface area contributed by atoms with Crippen molar-refractivity contribution in [2.45, 2.75) is 32.8 Å². The molecule has 0 saturated heterocycles. The Morgan fingerprint density at radius 1 is 1.13 bits per heavy atom. The molecule has 0 saturated carbocycles. The first kappa shape index (κ1) is 16.9. The van der Waals surface area contributed by atoms with E-state index in [0.717, 1.165) is 23.3 Å². The standard InChI is InChI=1S/C19H23NO3/c1-3-14(2)17-11-16(9-10-18(17)23-13-19(20)21)22-12-15-7-5-4-6-8-15/h4-11,14H,3,12-13H2,1-2H3,(H2,20,21). The number of ether oxygens (including phenoxy) is 2. The summed E-state index contributed by atoms with van der Waals surface area (Å²) in [6.45, 7) is 4.63. The average molecular weight is 313 g/mol. The van der Waals surface area contributed by atoms with Crippen molar-refractivity contribution in [1.29, 1.82) is 0 Å². The molecule has 1 amide bonds. The topological polar surface area (TPSA) is 61.6 Å². The second kappa shape index (κ2) is 8.22. The van der Waals surface area contributed by atoms with E-state index in [0.29, 0.717) is 18.3 Å². The molecule has 23 heavy (non-hydrogen) atoms. The Balaban J connectivity index is 2.13. The van der Waals surface area contributed by atoms with Gasteiger partial charge >= 0.3 is 0 Å². The summed E-state index contributed by atoms with van der Waals surface area (Å²) in [4.78, 5) is 10.9. The van der Waals surface area contributed by atoms with E-state index in [9.17, 15) is 4.79 Å². The number of carbonyl (C=O) groups excluding carboxylic acids is 1. The molecule has 0 aliphatic heterocycles. The van der Waals surface area contributed by atoms with E-state index in [1.165, 1.54) is 0 Å². The van der Waals surface area contributed by atoms with E-state index < -0.39 is 5.91 Å². The number of benzene rings is 2. The molecule has 122 valence electrons. The quantitative estimate of drug-likeness (QED) is 0.809. The summed E-state index contributed by atoms with van der Waals surface area (Å²) >= 11 is 0. The number of amides is 1. The summed E-state index contributed by atoms with van der Waals surface area (Å²) in [6.07, 6.45) is 0.967. The van der Waals surface area contributed by atoms with E-state index in [4.69, 9.17) is 15.2 Å². The molecule has 1 unspecified atom stereocenters. The second-order valence-electron chi connectivity index (χ2n) is 5.54. The van der Waals surface area contributed by atoms with Crippen molar-refractivity contribution in [2.24, 2.45) is 5.73 Å². The Morgan fingerprint density at radius 3 is 2.52 bits per heavy atom. The van der Waals surface area contributed by atoms with Gasteiger partial charge in [0.05, 0.1) is 0 Å². The molecule has 2 N–H and O–H groups in total. The molecule has 0 bridgehead atoms. The van der Waals surface area contributed by atoms with Gasteiger partial charge in [0, 0.05) is 5.56 Å². The summed E-state index contributed by atoms with van der Waals surface area (Å²) < 4.78 is 11.4. The highest BCUT2D eigenvalue weighted by atomic mass is 16.5. The van der Waals surface area contributed by atoms with Crippen LogP contribution in [0.2, 0.25) is 0 Å². The minimum absolute atomic E-state index is 0.117. The van der Waals surface area contributed by atoms with Crippen LogP contribution in [0, 0.1) is 0 Å². The maximum atomic E-state index is 10.9. The van der Waals surface area contributed by atoms with Crippen molar-refractivity contribution in [3.05, 3.63) is 59.7 Å². The molecule has 0 heterocycles. The van der Waals surface area contributed by atoms with Crippen LogP contribution in [0.25, 0.3) is 0 Å². The Kier molecular flexibility index (Phi) is 6.03. The summed E-state index contributed by atoms with van der Waals surface area (Å²) in [7, 11) is 0. The number of hydrogen-bond donors (Lipinski definition) is 1. The Morgan fingerprint density at radius 2 is 1.87 bits per heavy atom. The molecule has 0 aliphatic carbocycles. The second-order valence-corrected chi connectivity index (χ2v) is 5.54. The van der Waals surface area contributed by atoms with Gasteiger partial charge in [0.25, 0.3) is 5.91 Å². The fourth-order valence-electron chi connectivity index (χ4n) is 2.24.